The molecule has 0 aliphatic carbocycles. The average Bonchev–Trinajstić information content (AvgIpc) is 2.23. The van der Waals surface area contributed by atoms with Crippen LogP contribution in [-0.4, -0.2) is 19.0 Å². The van der Waals surface area contributed by atoms with Crippen molar-refractivity contribution in [1.29, 1.82) is 0 Å². The van der Waals surface area contributed by atoms with Crippen LogP contribution in [0.15, 0.2) is 18.2 Å². The highest BCUT2D eigenvalue weighted by molar-refractivity contribution is 6.33. The highest BCUT2D eigenvalue weighted by Crippen LogP contribution is 2.28. The van der Waals surface area contributed by atoms with E-state index in [2.05, 4.69) is 24.1 Å². The predicted molar refractivity (Wildman–Crippen MR) is 69.3 cm³/mol. The molecular formula is C12H17ClN2O. The Morgan fingerprint density at radius 1 is 1.38 bits per heavy atom. The lowest BCUT2D eigenvalue weighted by atomic mass is 10.2. The molecule has 1 N–H and O–H groups in total. The molecule has 0 aliphatic rings. The monoisotopic (exact) mass is 240 g/mol. The molecule has 4 heteroatoms. The van der Waals surface area contributed by atoms with Crippen LogP contribution in [0.2, 0.25) is 5.02 Å². The summed E-state index contributed by atoms with van der Waals surface area (Å²) in [6, 6.07) is 5.51. The fourth-order valence-corrected chi connectivity index (χ4v) is 1.84. The van der Waals surface area contributed by atoms with Crippen molar-refractivity contribution >= 4 is 28.9 Å². The number of nitrogens with one attached hydrogen (secondary N) is 1. The van der Waals surface area contributed by atoms with E-state index in [-0.39, 0.29) is 5.91 Å². The molecule has 16 heavy (non-hydrogen) atoms. The first kappa shape index (κ1) is 12.8. The maximum absolute atomic E-state index is 11.0. The highest BCUT2D eigenvalue weighted by atomic mass is 35.5. The molecule has 1 rings (SSSR count). The molecule has 0 unspecified atom stereocenters. The molecule has 0 atom stereocenters. The van der Waals surface area contributed by atoms with E-state index < -0.39 is 0 Å². The van der Waals surface area contributed by atoms with E-state index in [1.165, 1.54) is 6.92 Å². The van der Waals surface area contributed by atoms with E-state index in [1.807, 2.05) is 6.07 Å². The third-order valence-corrected chi connectivity index (χ3v) is 2.69. The van der Waals surface area contributed by atoms with Crippen LogP contribution in [0, 0.1) is 0 Å². The number of nitrogens with zero attached hydrogens (tertiary/aromatic N) is 1. The second-order valence-corrected chi connectivity index (χ2v) is 3.93. The zero-order chi connectivity index (χ0) is 12.1. The molecule has 0 radical (unpaired) electrons. The third kappa shape index (κ3) is 3.14. The Balaban J connectivity index is 3.02. The van der Waals surface area contributed by atoms with Gasteiger partial charge in [0.1, 0.15) is 0 Å². The van der Waals surface area contributed by atoms with Crippen molar-refractivity contribution in [3.8, 4) is 0 Å². The minimum Gasteiger partial charge on any atom is -0.371 e. The zero-order valence-electron chi connectivity index (χ0n) is 9.88. The molecule has 0 saturated carbocycles. The summed E-state index contributed by atoms with van der Waals surface area (Å²) in [4.78, 5) is 13.1. The number of benzene rings is 1. The van der Waals surface area contributed by atoms with Gasteiger partial charge in [-0.15, -0.1) is 0 Å². The van der Waals surface area contributed by atoms with Crippen LogP contribution in [0.25, 0.3) is 0 Å². The minimum absolute atomic E-state index is 0.0761. The van der Waals surface area contributed by atoms with Crippen molar-refractivity contribution in [2.24, 2.45) is 0 Å². The molecule has 1 aromatic carbocycles. The number of hydrogen-bond acceptors (Lipinski definition) is 2. The topological polar surface area (TPSA) is 32.3 Å². The lowest BCUT2D eigenvalue weighted by Crippen LogP contribution is -2.22. The van der Waals surface area contributed by atoms with Crippen LogP contribution in [0.3, 0.4) is 0 Å². The molecule has 0 spiro atoms. The van der Waals surface area contributed by atoms with Crippen molar-refractivity contribution in [3.05, 3.63) is 23.2 Å². The summed E-state index contributed by atoms with van der Waals surface area (Å²) in [6.07, 6.45) is 0. The van der Waals surface area contributed by atoms with Crippen molar-refractivity contribution in [2.45, 2.75) is 20.8 Å². The van der Waals surface area contributed by atoms with E-state index in [0.29, 0.717) is 5.02 Å². The maximum Gasteiger partial charge on any atom is 0.221 e. The van der Waals surface area contributed by atoms with E-state index >= 15 is 0 Å². The van der Waals surface area contributed by atoms with Crippen LogP contribution in [0.4, 0.5) is 11.4 Å². The normalized spacial score (nSPS) is 10.0. The molecular weight excluding hydrogens is 224 g/mol. The molecule has 0 aromatic heterocycles. The van der Waals surface area contributed by atoms with Crippen molar-refractivity contribution < 1.29 is 4.79 Å². The molecule has 88 valence electrons. The summed E-state index contributed by atoms with van der Waals surface area (Å²) in [5.74, 6) is -0.0761. The fraction of sp³-hybridized carbons (Fsp3) is 0.417. The molecule has 0 bridgehead atoms. The van der Waals surface area contributed by atoms with E-state index in [1.54, 1.807) is 12.1 Å². The standard InChI is InChI=1S/C12H17ClN2O/c1-4-15(5-2)12-8-10(14-9(3)16)6-7-11(12)13/h6-8H,4-5H2,1-3H3,(H,14,16). The Labute approximate surface area is 101 Å². The van der Waals surface area contributed by atoms with Crippen molar-refractivity contribution in [3.63, 3.8) is 0 Å². The summed E-state index contributed by atoms with van der Waals surface area (Å²) in [6.45, 7) is 7.42. The number of carbonyl (C=O) groups excluding carboxylic acids is 1. The first-order valence-electron chi connectivity index (χ1n) is 5.40. The summed E-state index contributed by atoms with van der Waals surface area (Å²) in [5, 5.41) is 3.46. The van der Waals surface area contributed by atoms with Crippen LogP contribution >= 0.6 is 11.6 Å². The smallest absolute Gasteiger partial charge is 0.221 e. The van der Waals surface area contributed by atoms with Crippen molar-refractivity contribution in [2.75, 3.05) is 23.3 Å². The van der Waals surface area contributed by atoms with Gasteiger partial charge in [0.25, 0.3) is 0 Å². The number of hydrogen-bond donors (Lipinski definition) is 1. The Morgan fingerprint density at radius 3 is 2.50 bits per heavy atom. The zero-order valence-corrected chi connectivity index (χ0v) is 10.6. The molecule has 1 aromatic rings. The van der Waals surface area contributed by atoms with E-state index in [4.69, 9.17) is 11.6 Å². The number of anilines is 2. The van der Waals surface area contributed by atoms with Gasteiger partial charge in [-0.05, 0) is 32.0 Å². The number of rotatable bonds is 4. The lowest BCUT2D eigenvalue weighted by molar-refractivity contribution is -0.114. The number of halogens is 1. The molecule has 0 fully saturated rings. The summed E-state index contributed by atoms with van der Waals surface area (Å²) >= 11 is 6.13. The molecule has 0 aliphatic heterocycles. The second kappa shape index (κ2) is 5.75. The first-order chi connectivity index (χ1) is 7.58. The lowest BCUT2D eigenvalue weighted by Gasteiger charge is -2.23. The molecule has 0 heterocycles. The van der Waals surface area contributed by atoms with Gasteiger partial charge in [-0.25, -0.2) is 0 Å². The van der Waals surface area contributed by atoms with Gasteiger partial charge in [0.05, 0.1) is 10.7 Å². The Bertz CT molecular complexity index is 375. The minimum atomic E-state index is -0.0761. The second-order valence-electron chi connectivity index (χ2n) is 3.52. The Kier molecular flexibility index (Phi) is 4.62. The maximum atomic E-state index is 11.0. The van der Waals surface area contributed by atoms with Gasteiger partial charge in [0, 0.05) is 25.7 Å². The summed E-state index contributed by atoms with van der Waals surface area (Å²) in [5.41, 5.74) is 1.73. The average molecular weight is 241 g/mol. The SMILES string of the molecule is CCN(CC)c1cc(NC(C)=O)ccc1Cl. The third-order valence-electron chi connectivity index (χ3n) is 2.37. The van der Waals surface area contributed by atoms with Crippen LogP contribution < -0.4 is 10.2 Å². The summed E-state index contributed by atoms with van der Waals surface area (Å²) in [7, 11) is 0. The number of carbonyl (C=O) groups is 1. The number of amides is 1. The Morgan fingerprint density at radius 2 is 2.00 bits per heavy atom. The molecule has 0 saturated heterocycles. The first-order valence-corrected chi connectivity index (χ1v) is 5.78. The van der Waals surface area contributed by atoms with Crippen LogP contribution in [0.5, 0.6) is 0 Å². The largest absolute Gasteiger partial charge is 0.371 e. The van der Waals surface area contributed by atoms with Crippen LogP contribution in [0.1, 0.15) is 20.8 Å². The van der Waals surface area contributed by atoms with Gasteiger partial charge >= 0.3 is 0 Å². The van der Waals surface area contributed by atoms with Gasteiger partial charge in [0.2, 0.25) is 5.91 Å². The Hall–Kier alpha value is -1.22. The van der Waals surface area contributed by atoms with Gasteiger partial charge in [-0.2, -0.15) is 0 Å². The summed E-state index contributed by atoms with van der Waals surface area (Å²) < 4.78 is 0. The molecule has 1 amide bonds. The quantitative estimate of drug-likeness (QED) is 0.877. The predicted octanol–water partition coefficient (Wildman–Crippen LogP) is 3.14. The van der Waals surface area contributed by atoms with Gasteiger partial charge in [-0.3, -0.25) is 4.79 Å². The fourth-order valence-electron chi connectivity index (χ4n) is 1.60. The van der Waals surface area contributed by atoms with Crippen LogP contribution in [-0.2, 0) is 4.79 Å². The van der Waals surface area contributed by atoms with Gasteiger partial charge in [0.15, 0.2) is 0 Å². The van der Waals surface area contributed by atoms with E-state index in [9.17, 15) is 4.79 Å². The highest BCUT2D eigenvalue weighted by Gasteiger charge is 2.08. The van der Waals surface area contributed by atoms with Crippen molar-refractivity contribution in [1.82, 2.24) is 0 Å². The van der Waals surface area contributed by atoms with Gasteiger partial charge in [-0.1, -0.05) is 11.6 Å². The van der Waals surface area contributed by atoms with E-state index in [0.717, 1.165) is 24.5 Å². The van der Waals surface area contributed by atoms with Gasteiger partial charge < -0.3 is 10.2 Å². The molecule has 3 nitrogen and oxygen atoms in total.